The summed E-state index contributed by atoms with van der Waals surface area (Å²) in [6, 6.07) is 5.62. The first-order valence-electron chi connectivity index (χ1n) is 14.3. The zero-order valence-electron chi connectivity index (χ0n) is 24.4. The van der Waals surface area contributed by atoms with Crippen molar-refractivity contribution in [3.63, 3.8) is 0 Å². The van der Waals surface area contributed by atoms with Crippen molar-refractivity contribution < 1.29 is 28.8 Å². The Balaban J connectivity index is 1.97. The van der Waals surface area contributed by atoms with Gasteiger partial charge in [0, 0.05) is 45.2 Å². The van der Waals surface area contributed by atoms with Gasteiger partial charge in [-0.05, 0) is 67.6 Å². The van der Waals surface area contributed by atoms with Gasteiger partial charge in [-0.2, -0.15) is 0 Å². The molecule has 8 heteroatoms. The molecule has 1 aromatic rings. The molecular weight excluding hydrogens is 484 g/mol. The van der Waals surface area contributed by atoms with Crippen molar-refractivity contribution in [2.24, 2.45) is 29.4 Å². The Kier molecular flexibility index (Phi) is 14.4. The van der Waals surface area contributed by atoms with Gasteiger partial charge in [0.25, 0.3) is 0 Å². The number of rotatable bonds is 18. The fourth-order valence-electron chi connectivity index (χ4n) is 5.01. The molecule has 1 saturated heterocycles. The van der Waals surface area contributed by atoms with E-state index in [1.807, 2.05) is 26.0 Å². The molecule has 1 aliphatic heterocycles. The summed E-state index contributed by atoms with van der Waals surface area (Å²) in [6.07, 6.45) is 3.98. The Morgan fingerprint density at radius 3 is 2.50 bits per heavy atom. The molecule has 1 amide bonds. The number of carbonyl (C=O) groups is 1. The number of nitrogens with two attached hydrogens (primary N) is 1. The Labute approximate surface area is 229 Å². The summed E-state index contributed by atoms with van der Waals surface area (Å²) in [5.74, 6) is 1.84. The third-order valence-corrected chi connectivity index (χ3v) is 7.65. The van der Waals surface area contributed by atoms with Gasteiger partial charge in [-0.3, -0.25) is 4.79 Å². The first-order valence-corrected chi connectivity index (χ1v) is 14.3. The number of aliphatic hydroxyl groups excluding tert-OH is 1. The van der Waals surface area contributed by atoms with Gasteiger partial charge in [-0.1, -0.05) is 33.8 Å². The van der Waals surface area contributed by atoms with Crippen LogP contribution in [0, 0.1) is 23.7 Å². The number of methoxy groups -OCH3 is 2. The number of ether oxygens (including phenoxy) is 4. The lowest BCUT2D eigenvalue weighted by atomic mass is 9.81. The van der Waals surface area contributed by atoms with Crippen molar-refractivity contribution in [1.29, 1.82) is 0 Å². The molecule has 2 rings (SSSR count). The van der Waals surface area contributed by atoms with Gasteiger partial charge in [0.2, 0.25) is 5.91 Å². The average molecular weight is 537 g/mol. The van der Waals surface area contributed by atoms with E-state index < -0.39 is 12.1 Å². The normalized spacial score (nSPS) is 18.8. The second-order valence-electron chi connectivity index (χ2n) is 11.3. The lowest BCUT2D eigenvalue weighted by molar-refractivity contribution is -0.128. The van der Waals surface area contributed by atoms with Crippen LogP contribution in [0.2, 0.25) is 0 Å². The Morgan fingerprint density at radius 2 is 1.89 bits per heavy atom. The average Bonchev–Trinajstić information content (AvgIpc) is 3.41. The van der Waals surface area contributed by atoms with Gasteiger partial charge in [-0.25, -0.2) is 0 Å². The van der Waals surface area contributed by atoms with Gasteiger partial charge >= 0.3 is 0 Å². The zero-order chi connectivity index (χ0) is 28.1. The molecule has 4 N–H and O–H groups in total. The molecule has 0 spiro atoms. The lowest BCUT2D eigenvalue weighted by Gasteiger charge is -2.30. The fourth-order valence-corrected chi connectivity index (χ4v) is 5.01. The molecule has 0 aliphatic carbocycles. The number of carbonyl (C=O) groups excluding carboxylic acids is 1. The van der Waals surface area contributed by atoms with Crippen LogP contribution < -0.4 is 20.5 Å². The van der Waals surface area contributed by atoms with Gasteiger partial charge in [0.05, 0.1) is 25.9 Å². The Bertz CT molecular complexity index is 812. The predicted octanol–water partition coefficient (Wildman–Crippen LogP) is 3.96. The maximum absolute atomic E-state index is 12.9. The Hall–Kier alpha value is -1.87. The number of hydrogen-bond acceptors (Lipinski definition) is 7. The maximum Gasteiger partial charge on any atom is 0.223 e. The molecule has 0 unspecified atom stereocenters. The minimum atomic E-state index is -0.757. The minimum Gasteiger partial charge on any atom is -0.493 e. The largest absolute Gasteiger partial charge is 0.493 e. The molecule has 5 atom stereocenters. The van der Waals surface area contributed by atoms with E-state index in [0.717, 1.165) is 43.6 Å². The molecule has 1 aliphatic rings. The predicted molar refractivity (Wildman–Crippen MR) is 151 cm³/mol. The highest BCUT2D eigenvalue weighted by atomic mass is 16.5. The highest BCUT2D eigenvalue weighted by molar-refractivity contribution is 5.78. The van der Waals surface area contributed by atoms with Gasteiger partial charge in [-0.15, -0.1) is 0 Å². The van der Waals surface area contributed by atoms with E-state index in [-0.39, 0.29) is 29.8 Å². The second kappa shape index (κ2) is 17.0. The number of benzene rings is 1. The van der Waals surface area contributed by atoms with Gasteiger partial charge < -0.3 is 35.1 Å². The summed E-state index contributed by atoms with van der Waals surface area (Å²) in [5.41, 5.74) is 7.68. The van der Waals surface area contributed by atoms with Crippen LogP contribution in [-0.2, 0) is 20.7 Å². The fraction of sp³-hybridized carbons (Fsp3) is 0.767. The van der Waals surface area contributed by atoms with Crippen LogP contribution in [-0.4, -0.2) is 69.8 Å². The SMILES string of the molecule is COCCCOc1cc(C[C@@H](C[C@H](N)[C@@H](O)C[C@@H](C(=O)NC[C@H]2CCCO2)C(C)C)C(C)C)ccc1OC. The van der Waals surface area contributed by atoms with Crippen LogP contribution in [0.1, 0.15) is 65.4 Å². The van der Waals surface area contributed by atoms with Crippen LogP contribution in [0.15, 0.2) is 18.2 Å². The standard InChI is InChI=1S/C30H52N2O6/c1-20(2)23(15-22-10-11-28(36-6)29(16-22)38-14-8-12-35-5)17-26(31)27(33)18-25(21(3)4)30(34)32-19-24-9-7-13-37-24/h10-11,16,20-21,23-27,33H,7-9,12-15,17-19,31H2,1-6H3,(H,32,34)/t23-,24+,25+,26-,27-/m0/s1. The second-order valence-corrected chi connectivity index (χ2v) is 11.3. The summed E-state index contributed by atoms with van der Waals surface area (Å²) >= 11 is 0. The molecule has 0 saturated carbocycles. The van der Waals surface area contributed by atoms with Crippen molar-refractivity contribution in [2.75, 3.05) is 40.6 Å². The highest BCUT2D eigenvalue weighted by Gasteiger charge is 2.30. The van der Waals surface area contributed by atoms with E-state index in [4.69, 9.17) is 24.7 Å². The topological polar surface area (TPSA) is 112 Å². The molecule has 0 aromatic heterocycles. The molecule has 1 aromatic carbocycles. The van der Waals surface area contributed by atoms with E-state index in [0.29, 0.717) is 44.3 Å². The number of hydrogen-bond donors (Lipinski definition) is 3. The summed E-state index contributed by atoms with van der Waals surface area (Å²) in [6.45, 7) is 10.9. The van der Waals surface area contributed by atoms with Crippen molar-refractivity contribution in [3.05, 3.63) is 23.8 Å². The third-order valence-electron chi connectivity index (χ3n) is 7.65. The van der Waals surface area contributed by atoms with E-state index in [2.05, 4.69) is 25.2 Å². The molecule has 38 heavy (non-hydrogen) atoms. The molecule has 1 fully saturated rings. The molecule has 0 radical (unpaired) electrons. The van der Waals surface area contributed by atoms with Gasteiger partial charge in [0.1, 0.15) is 0 Å². The summed E-state index contributed by atoms with van der Waals surface area (Å²) in [5, 5.41) is 14.1. The number of aliphatic hydroxyl groups is 1. The third kappa shape index (κ3) is 10.7. The van der Waals surface area contributed by atoms with E-state index in [1.54, 1.807) is 14.2 Å². The maximum atomic E-state index is 12.9. The molecule has 8 nitrogen and oxygen atoms in total. The molecule has 0 bridgehead atoms. The number of nitrogens with one attached hydrogen (secondary N) is 1. The van der Waals surface area contributed by atoms with Crippen LogP contribution in [0.3, 0.4) is 0 Å². The molecule has 218 valence electrons. The quantitative estimate of drug-likeness (QED) is 0.244. The summed E-state index contributed by atoms with van der Waals surface area (Å²) < 4.78 is 22.2. The smallest absolute Gasteiger partial charge is 0.223 e. The Morgan fingerprint density at radius 1 is 1.13 bits per heavy atom. The van der Waals surface area contributed by atoms with Crippen molar-refractivity contribution in [2.45, 2.75) is 84.5 Å². The van der Waals surface area contributed by atoms with Crippen LogP contribution in [0.5, 0.6) is 11.5 Å². The van der Waals surface area contributed by atoms with Gasteiger partial charge in [0.15, 0.2) is 11.5 Å². The first kappa shape index (κ1) is 32.3. The van der Waals surface area contributed by atoms with E-state index in [9.17, 15) is 9.90 Å². The highest BCUT2D eigenvalue weighted by Crippen LogP contribution is 2.31. The minimum absolute atomic E-state index is 0.0292. The molecule has 1 heterocycles. The van der Waals surface area contributed by atoms with Crippen LogP contribution in [0.4, 0.5) is 0 Å². The summed E-state index contributed by atoms with van der Waals surface area (Å²) in [7, 11) is 3.32. The zero-order valence-corrected chi connectivity index (χ0v) is 24.4. The van der Waals surface area contributed by atoms with E-state index in [1.165, 1.54) is 0 Å². The van der Waals surface area contributed by atoms with Crippen molar-refractivity contribution >= 4 is 5.91 Å². The number of amides is 1. The molecular formula is C30H52N2O6. The summed E-state index contributed by atoms with van der Waals surface area (Å²) in [4.78, 5) is 12.9. The first-order chi connectivity index (χ1) is 18.2. The van der Waals surface area contributed by atoms with Crippen molar-refractivity contribution in [3.8, 4) is 11.5 Å². The van der Waals surface area contributed by atoms with E-state index >= 15 is 0 Å². The van der Waals surface area contributed by atoms with Crippen LogP contribution >= 0.6 is 0 Å². The monoisotopic (exact) mass is 536 g/mol. The van der Waals surface area contributed by atoms with Crippen molar-refractivity contribution in [1.82, 2.24) is 5.32 Å². The lowest BCUT2D eigenvalue weighted by Crippen LogP contribution is -2.43. The van der Waals surface area contributed by atoms with Crippen LogP contribution in [0.25, 0.3) is 0 Å².